The molecule has 0 aromatic heterocycles. The van der Waals surface area contributed by atoms with Crippen molar-refractivity contribution in [2.75, 3.05) is 11.9 Å². The Morgan fingerprint density at radius 2 is 2.00 bits per heavy atom. The molecule has 0 saturated heterocycles. The number of benzene rings is 1. The standard InChI is InChI=1S/C19H27N3O3S/c1-12-8-9-15(20-10-6-4-5-7-17(23)24)11-16(12)18(25)22-19-21-13(2)14(3)26-19/h8-9,11,13-14,20H,4-7,10H2,1-3H3,(H,23,24)(H,21,22,25). The molecule has 2 rings (SSSR count). The Morgan fingerprint density at radius 3 is 2.65 bits per heavy atom. The molecule has 0 aliphatic carbocycles. The largest absolute Gasteiger partial charge is 0.481 e. The van der Waals surface area contributed by atoms with E-state index < -0.39 is 5.97 Å². The first-order chi connectivity index (χ1) is 12.4. The van der Waals surface area contributed by atoms with Gasteiger partial charge < -0.3 is 15.7 Å². The van der Waals surface area contributed by atoms with Gasteiger partial charge in [0, 0.05) is 29.5 Å². The highest BCUT2D eigenvalue weighted by Crippen LogP contribution is 2.25. The van der Waals surface area contributed by atoms with Gasteiger partial charge in [0.05, 0.1) is 6.04 Å². The Balaban J connectivity index is 1.87. The quantitative estimate of drug-likeness (QED) is 0.602. The van der Waals surface area contributed by atoms with Crippen molar-refractivity contribution in [3.63, 3.8) is 0 Å². The maximum absolute atomic E-state index is 12.6. The predicted octanol–water partition coefficient (Wildman–Crippen LogP) is 3.66. The number of aliphatic carboxylic acids is 1. The highest BCUT2D eigenvalue weighted by atomic mass is 32.2. The zero-order chi connectivity index (χ0) is 19.1. The summed E-state index contributed by atoms with van der Waals surface area (Å²) in [4.78, 5) is 27.5. The summed E-state index contributed by atoms with van der Waals surface area (Å²) in [5.74, 6) is -0.888. The molecular formula is C19H27N3O3S. The number of carboxylic acids is 1. The number of hydrogen-bond acceptors (Lipinski definition) is 5. The molecule has 0 fully saturated rings. The van der Waals surface area contributed by atoms with Crippen LogP contribution in [0.1, 0.15) is 55.5 Å². The van der Waals surface area contributed by atoms with Crippen molar-refractivity contribution in [2.24, 2.45) is 4.99 Å². The molecule has 6 nitrogen and oxygen atoms in total. The number of carbonyl (C=O) groups excluding carboxylic acids is 1. The zero-order valence-electron chi connectivity index (χ0n) is 15.5. The van der Waals surface area contributed by atoms with E-state index in [1.807, 2.05) is 32.0 Å². The molecule has 1 amide bonds. The van der Waals surface area contributed by atoms with E-state index in [1.54, 1.807) is 11.8 Å². The number of amides is 1. The van der Waals surface area contributed by atoms with E-state index in [1.165, 1.54) is 0 Å². The molecule has 0 bridgehead atoms. The number of aryl methyl sites for hydroxylation is 1. The lowest BCUT2D eigenvalue weighted by atomic mass is 10.1. The fraction of sp³-hybridized carbons (Fsp3) is 0.526. The summed E-state index contributed by atoms with van der Waals surface area (Å²) in [7, 11) is 0. The molecule has 2 atom stereocenters. The summed E-state index contributed by atoms with van der Waals surface area (Å²) in [5, 5.41) is 15.9. The van der Waals surface area contributed by atoms with Gasteiger partial charge in [0.15, 0.2) is 5.17 Å². The molecule has 0 radical (unpaired) electrons. The molecular weight excluding hydrogens is 350 g/mol. The Labute approximate surface area is 158 Å². The van der Waals surface area contributed by atoms with E-state index in [4.69, 9.17) is 5.11 Å². The molecule has 0 spiro atoms. The van der Waals surface area contributed by atoms with Gasteiger partial charge in [-0.1, -0.05) is 31.2 Å². The lowest BCUT2D eigenvalue weighted by Gasteiger charge is -2.11. The molecule has 26 heavy (non-hydrogen) atoms. The lowest BCUT2D eigenvalue weighted by molar-refractivity contribution is -0.137. The SMILES string of the molecule is Cc1ccc(NCCCCCC(=O)O)cc1C(=O)NC1=NC(C)C(C)S1. The first-order valence-electron chi connectivity index (χ1n) is 8.99. The van der Waals surface area contributed by atoms with Gasteiger partial charge in [-0.05, 0) is 44.4 Å². The summed E-state index contributed by atoms with van der Waals surface area (Å²) in [5.41, 5.74) is 2.44. The summed E-state index contributed by atoms with van der Waals surface area (Å²) in [6.45, 7) is 6.81. The maximum Gasteiger partial charge on any atom is 0.303 e. The number of amidine groups is 1. The third kappa shape index (κ3) is 6.05. The molecule has 1 aromatic carbocycles. The number of thioether (sulfide) groups is 1. The number of rotatable bonds is 8. The van der Waals surface area contributed by atoms with Crippen LogP contribution >= 0.6 is 11.8 Å². The monoisotopic (exact) mass is 377 g/mol. The van der Waals surface area contributed by atoms with Crippen molar-refractivity contribution < 1.29 is 14.7 Å². The van der Waals surface area contributed by atoms with Crippen LogP contribution in [0.25, 0.3) is 0 Å². The first kappa shape index (κ1) is 20.3. The minimum absolute atomic E-state index is 0.139. The van der Waals surface area contributed by atoms with Gasteiger partial charge in [-0.3, -0.25) is 14.6 Å². The van der Waals surface area contributed by atoms with Crippen LogP contribution < -0.4 is 10.6 Å². The topological polar surface area (TPSA) is 90.8 Å². The number of nitrogens with zero attached hydrogens (tertiary/aromatic N) is 1. The highest BCUT2D eigenvalue weighted by Gasteiger charge is 2.24. The lowest BCUT2D eigenvalue weighted by Crippen LogP contribution is -2.28. The fourth-order valence-corrected chi connectivity index (χ4v) is 3.60. The van der Waals surface area contributed by atoms with Crippen molar-refractivity contribution in [1.82, 2.24) is 5.32 Å². The van der Waals surface area contributed by atoms with Gasteiger partial charge in [-0.2, -0.15) is 0 Å². The highest BCUT2D eigenvalue weighted by molar-refractivity contribution is 8.14. The van der Waals surface area contributed by atoms with Gasteiger partial charge in [-0.15, -0.1) is 0 Å². The average molecular weight is 378 g/mol. The minimum atomic E-state index is -0.749. The molecule has 142 valence electrons. The smallest absolute Gasteiger partial charge is 0.303 e. The summed E-state index contributed by atoms with van der Waals surface area (Å²) in [6.07, 6.45) is 2.67. The Kier molecular flexibility index (Phi) is 7.50. The van der Waals surface area contributed by atoms with Crippen molar-refractivity contribution in [3.05, 3.63) is 29.3 Å². The summed E-state index contributed by atoms with van der Waals surface area (Å²) in [6, 6.07) is 5.95. The number of unbranched alkanes of at least 4 members (excludes halogenated alkanes) is 2. The van der Waals surface area contributed by atoms with Crippen molar-refractivity contribution in [3.8, 4) is 0 Å². The Morgan fingerprint density at radius 1 is 1.23 bits per heavy atom. The number of carboxylic acid groups (broad SMARTS) is 1. The van der Waals surface area contributed by atoms with E-state index >= 15 is 0 Å². The van der Waals surface area contributed by atoms with Crippen LogP contribution in [0.2, 0.25) is 0 Å². The Hall–Kier alpha value is -2.02. The predicted molar refractivity (Wildman–Crippen MR) is 107 cm³/mol. The fourth-order valence-electron chi connectivity index (χ4n) is 2.61. The maximum atomic E-state index is 12.6. The van der Waals surface area contributed by atoms with Crippen molar-refractivity contribution in [1.29, 1.82) is 0 Å². The van der Waals surface area contributed by atoms with Gasteiger partial charge >= 0.3 is 5.97 Å². The zero-order valence-corrected chi connectivity index (χ0v) is 16.4. The number of nitrogens with one attached hydrogen (secondary N) is 2. The molecule has 7 heteroatoms. The number of aliphatic imine (C=N–C) groups is 1. The molecule has 1 heterocycles. The Bertz CT molecular complexity index is 691. The number of anilines is 1. The second-order valence-corrected chi connectivity index (χ2v) is 7.98. The molecule has 1 aromatic rings. The van der Waals surface area contributed by atoms with Gasteiger partial charge in [0.2, 0.25) is 0 Å². The van der Waals surface area contributed by atoms with Crippen LogP contribution in [0, 0.1) is 6.92 Å². The second kappa shape index (κ2) is 9.62. The van der Waals surface area contributed by atoms with Crippen LogP contribution in [0.5, 0.6) is 0 Å². The molecule has 2 unspecified atom stereocenters. The van der Waals surface area contributed by atoms with Crippen LogP contribution in [0.4, 0.5) is 5.69 Å². The van der Waals surface area contributed by atoms with E-state index in [2.05, 4.69) is 22.5 Å². The summed E-state index contributed by atoms with van der Waals surface area (Å²) < 4.78 is 0. The van der Waals surface area contributed by atoms with E-state index in [9.17, 15) is 9.59 Å². The third-order valence-corrected chi connectivity index (χ3v) is 5.59. The minimum Gasteiger partial charge on any atom is -0.481 e. The molecule has 1 aliphatic rings. The molecule has 3 N–H and O–H groups in total. The van der Waals surface area contributed by atoms with E-state index in [0.29, 0.717) is 22.4 Å². The second-order valence-electron chi connectivity index (χ2n) is 6.61. The van der Waals surface area contributed by atoms with Gasteiger partial charge in [-0.25, -0.2) is 0 Å². The van der Waals surface area contributed by atoms with Crippen LogP contribution in [0.15, 0.2) is 23.2 Å². The number of hydrogen-bond donors (Lipinski definition) is 3. The van der Waals surface area contributed by atoms with Crippen LogP contribution in [0.3, 0.4) is 0 Å². The molecule has 1 aliphatic heterocycles. The first-order valence-corrected chi connectivity index (χ1v) is 9.87. The van der Waals surface area contributed by atoms with Gasteiger partial charge in [0.25, 0.3) is 5.91 Å². The van der Waals surface area contributed by atoms with Crippen molar-refractivity contribution in [2.45, 2.75) is 57.7 Å². The molecule has 0 saturated carbocycles. The van der Waals surface area contributed by atoms with Crippen LogP contribution in [-0.4, -0.2) is 40.0 Å². The van der Waals surface area contributed by atoms with E-state index in [-0.39, 0.29) is 18.4 Å². The normalized spacial score (nSPS) is 19.1. The third-order valence-electron chi connectivity index (χ3n) is 4.40. The van der Waals surface area contributed by atoms with Crippen LogP contribution in [-0.2, 0) is 4.79 Å². The number of carbonyl (C=O) groups is 2. The van der Waals surface area contributed by atoms with E-state index in [0.717, 1.165) is 30.6 Å². The summed E-state index contributed by atoms with van der Waals surface area (Å²) >= 11 is 1.59. The van der Waals surface area contributed by atoms with Crippen molar-refractivity contribution >= 4 is 34.5 Å². The van der Waals surface area contributed by atoms with Gasteiger partial charge in [0.1, 0.15) is 0 Å². The average Bonchev–Trinajstić information content (AvgIpc) is 2.89.